The molecule has 0 N–H and O–H groups in total. The van der Waals surface area contributed by atoms with Gasteiger partial charge in [0.2, 0.25) is 4.45 Å². The van der Waals surface area contributed by atoms with Crippen LogP contribution in [-0.4, -0.2) is 42.6 Å². The molecule has 0 aromatic heterocycles. The summed E-state index contributed by atoms with van der Waals surface area (Å²) < 4.78 is 6.50. The second kappa shape index (κ2) is 11.2. The maximum atomic E-state index is 13.8. The van der Waals surface area contributed by atoms with Crippen LogP contribution in [0.15, 0.2) is 91.2 Å². The molecule has 0 bridgehead atoms. The Bertz CT molecular complexity index is 1410. The number of thioether (sulfide) groups is 1. The summed E-state index contributed by atoms with van der Waals surface area (Å²) in [4.78, 5) is 33.6. The van der Waals surface area contributed by atoms with Crippen LogP contribution < -0.4 is 0 Å². The Morgan fingerprint density at radius 2 is 1.51 bits per heavy atom. The number of benzene rings is 3. The van der Waals surface area contributed by atoms with E-state index in [1.807, 2.05) is 86.6 Å². The molecular weight excluding hydrogens is 799 g/mol. The number of nitrogens with zero attached hydrogens (tertiary/aromatic N) is 2. The van der Waals surface area contributed by atoms with Gasteiger partial charge in [0.15, 0.2) is 6.10 Å². The summed E-state index contributed by atoms with van der Waals surface area (Å²) in [6, 6.07) is 22.1. The molecule has 5 rings (SSSR count). The summed E-state index contributed by atoms with van der Waals surface area (Å²) in [6.45, 7) is 3.88. The lowest BCUT2D eigenvalue weighted by molar-refractivity contribution is -0.166. The molecule has 0 saturated carbocycles. The summed E-state index contributed by atoms with van der Waals surface area (Å²) in [5, 5.41) is -0.296. The van der Waals surface area contributed by atoms with Crippen LogP contribution in [0.2, 0.25) is 0 Å². The quantitative estimate of drug-likeness (QED) is 0.0825. The number of alkyl halides is 1. The highest BCUT2D eigenvalue weighted by molar-refractivity contribution is 9.11. The molecule has 1 amide bonds. The molecule has 3 aromatic rings. The topological polar surface area (TPSA) is 59.0 Å². The van der Waals surface area contributed by atoms with Crippen molar-refractivity contribution in [1.29, 1.82) is 0 Å². The van der Waals surface area contributed by atoms with Crippen molar-refractivity contribution < 1.29 is 14.3 Å². The number of β-lactam (4-membered cyclic amide) rings is 1. The van der Waals surface area contributed by atoms with Crippen LogP contribution in [0.25, 0.3) is 0 Å². The van der Waals surface area contributed by atoms with Crippen molar-refractivity contribution in [3.8, 4) is 0 Å². The van der Waals surface area contributed by atoms with E-state index in [0.29, 0.717) is 14.5 Å². The minimum absolute atomic E-state index is 0.156. The molecule has 0 radical (unpaired) electrons. The first-order valence-corrected chi connectivity index (χ1v) is 16.3. The third kappa shape index (κ3) is 5.42. The maximum Gasteiger partial charge on any atom is 0.331 e. The van der Waals surface area contributed by atoms with E-state index in [1.165, 1.54) is 11.8 Å². The molecule has 0 spiro atoms. The molecule has 202 valence electrons. The third-order valence-electron chi connectivity index (χ3n) is 6.60. The molecule has 11 heteroatoms. The summed E-state index contributed by atoms with van der Waals surface area (Å²) in [7, 11) is 0. The SMILES string of the molecule is CC1(C)S[C@H]2N(C(=O)C2(Br)N=C(Cl)c2c(Br)cc(Br)cc2Br)[C@H]1C(=O)OC(c1ccccc1)c1ccccc1. The Morgan fingerprint density at radius 1 is 1.00 bits per heavy atom. The summed E-state index contributed by atoms with van der Waals surface area (Å²) in [5.41, 5.74) is 2.32. The molecule has 2 heterocycles. The number of hydrogen-bond donors (Lipinski definition) is 0. The lowest BCUT2D eigenvalue weighted by Crippen LogP contribution is -2.70. The number of halogens is 5. The average Bonchev–Trinajstić information content (AvgIpc) is 3.16. The molecule has 39 heavy (non-hydrogen) atoms. The number of aliphatic imine (C=N–C) groups is 1. The van der Waals surface area contributed by atoms with Crippen LogP contribution in [0.3, 0.4) is 0 Å². The van der Waals surface area contributed by atoms with Crippen LogP contribution in [-0.2, 0) is 14.3 Å². The fourth-order valence-electron chi connectivity index (χ4n) is 4.79. The van der Waals surface area contributed by atoms with E-state index in [1.54, 1.807) is 4.90 Å². The molecule has 3 aromatic carbocycles. The number of rotatable bonds is 6. The molecule has 2 aliphatic heterocycles. The van der Waals surface area contributed by atoms with E-state index in [0.717, 1.165) is 15.6 Å². The summed E-state index contributed by atoms with van der Waals surface area (Å²) >= 11 is 22.2. The van der Waals surface area contributed by atoms with Crippen LogP contribution in [0.1, 0.15) is 36.6 Å². The predicted molar refractivity (Wildman–Crippen MR) is 171 cm³/mol. The van der Waals surface area contributed by atoms with Crippen LogP contribution in [0.5, 0.6) is 0 Å². The van der Waals surface area contributed by atoms with Crippen molar-refractivity contribution in [3.05, 3.63) is 103 Å². The predicted octanol–water partition coefficient (Wildman–Crippen LogP) is 8.45. The zero-order valence-corrected chi connectivity index (χ0v) is 28.5. The second-order valence-corrected chi connectivity index (χ2v) is 15.6. The van der Waals surface area contributed by atoms with Gasteiger partial charge in [-0.05, 0) is 84.9 Å². The molecule has 1 unspecified atom stereocenters. The highest BCUT2D eigenvalue weighted by Gasteiger charge is 2.71. The minimum atomic E-state index is -1.31. The van der Waals surface area contributed by atoms with Crippen molar-refractivity contribution in [2.75, 3.05) is 0 Å². The van der Waals surface area contributed by atoms with Crippen LogP contribution in [0, 0.1) is 0 Å². The molecule has 2 saturated heterocycles. The zero-order valence-electron chi connectivity index (χ0n) is 20.6. The fraction of sp³-hybridized carbons (Fsp3) is 0.250. The Hall–Kier alpha value is -1.17. The van der Waals surface area contributed by atoms with Crippen molar-refractivity contribution in [2.24, 2.45) is 4.99 Å². The van der Waals surface area contributed by atoms with Gasteiger partial charge in [0.25, 0.3) is 5.91 Å². The fourth-order valence-corrected chi connectivity index (χ4v) is 10.5. The first kappa shape index (κ1) is 29.3. The Kier molecular flexibility index (Phi) is 8.46. The normalized spacial score (nSPS) is 23.9. The van der Waals surface area contributed by atoms with Crippen molar-refractivity contribution in [1.82, 2.24) is 4.90 Å². The lowest BCUT2D eigenvalue weighted by atomic mass is 9.95. The van der Waals surface area contributed by atoms with Gasteiger partial charge in [-0.1, -0.05) is 88.2 Å². The number of carbonyl (C=O) groups excluding carboxylic acids is 2. The van der Waals surface area contributed by atoms with Crippen LogP contribution >= 0.6 is 87.1 Å². The summed E-state index contributed by atoms with van der Waals surface area (Å²) in [6.07, 6.45) is -0.607. The van der Waals surface area contributed by atoms with E-state index >= 15 is 0 Å². The zero-order chi connectivity index (χ0) is 28.1. The average molecular weight is 821 g/mol. The Labute approximate surface area is 269 Å². The van der Waals surface area contributed by atoms with Gasteiger partial charge in [0.1, 0.15) is 16.6 Å². The van der Waals surface area contributed by atoms with E-state index in [-0.39, 0.29) is 11.1 Å². The molecule has 5 nitrogen and oxygen atoms in total. The number of esters is 1. The van der Waals surface area contributed by atoms with Gasteiger partial charge >= 0.3 is 5.97 Å². The van der Waals surface area contributed by atoms with E-state index in [4.69, 9.17) is 16.3 Å². The second-order valence-electron chi connectivity index (χ2n) is 9.65. The summed E-state index contributed by atoms with van der Waals surface area (Å²) in [5.74, 6) is -0.810. The first-order chi connectivity index (χ1) is 18.4. The standard InChI is InChI=1S/C28H21Br4ClN2O3S/c1-27(2)22(24(36)38-21(15-9-5-3-6-10-15)16-11-7-4-8-12-16)35-25(37)28(32,26(35)39-27)34-23(33)20-18(30)13-17(29)14-19(20)31/h3-14,21-22,26H,1-2H3/t22-,26+,28?/m0/s1. The maximum absolute atomic E-state index is 13.8. The number of carbonyl (C=O) groups is 2. The third-order valence-corrected chi connectivity index (χ3v) is 11.5. The van der Waals surface area contributed by atoms with E-state index in [2.05, 4.69) is 68.7 Å². The van der Waals surface area contributed by atoms with Gasteiger partial charge < -0.3 is 9.64 Å². The van der Waals surface area contributed by atoms with Crippen molar-refractivity contribution in [2.45, 2.75) is 40.6 Å². The van der Waals surface area contributed by atoms with Gasteiger partial charge in [0, 0.05) is 23.7 Å². The largest absolute Gasteiger partial charge is 0.451 e. The molecule has 2 fully saturated rings. The number of amides is 1. The van der Waals surface area contributed by atoms with Gasteiger partial charge in [-0.25, -0.2) is 9.79 Å². The van der Waals surface area contributed by atoms with Gasteiger partial charge in [-0.2, -0.15) is 0 Å². The number of fused-ring (bicyclic) bond motifs is 1. The number of hydrogen-bond acceptors (Lipinski definition) is 5. The van der Waals surface area contributed by atoms with Crippen molar-refractivity contribution >= 4 is 104 Å². The van der Waals surface area contributed by atoms with Crippen molar-refractivity contribution in [3.63, 3.8) is 0 Å². The molecule has 2 aliphatic rings. The van der Waals surface area contributed by atoms with Crippen LogP contribution in [0.4, 0.5) is 0 Å². The number of ether oxygens (including phenoxy) is 1. The molecular formula is C28H21Br4ClN2O3S. The lowest BCUT2D eigenvalue weighted by Gasteiger charge is -2.47. The smallest absolute Gasteiger partial charge is 0.331 e. The highest BCUT2D eigenvalue weighted by atomic mass is 79.9. The van der Waals surface area contributed by atoms with Gasteiger partial charge in [-0.15, -0.1) is 11.8 Å². The molecule has 3 atom stereocenters. The molecule has 0 aliphatic carbocycles. The van der Waals surface area contributed by atoms with E-state index < -0.39 is 32.7 Å². The minimum Gasteiger partial charge on any atom is -0.451 e. The monoisotopic (exact) mass is 816 g/mol. The van der Waals surface area contributed by atoms with E-state index in [9.17, 15) is 9.59 Å². The van der Waals surface area contributed by atoms with Gasteiger partial charge in [-0.3, -0.25) is 4.79 Å². The Balaban J connectivity index is 1.44. The highest BCUT2D eigenvalue weighted by Crippen LogP contribution is 2.59. The Morgan fingerprint density at radius 3 is 2.03 bits per heavy atom. The van der Waals surface area contributed by atoms with Gasteiger partial charge in [0.05, 0.1) is 0 Å². The first-order valence-electron chi connectivity index (χ1n) is 11.8.